The van der Waals surface area contributed by atoms with Crippen LogP contribution in [0.3, 0.4) is 0 Å². The van der Waals surface area contributed by atoms with Gasteiger partial charge in [0.25, 0.3) is 0 Å². The number of nitrogens with one attached hydrogen (secondary N) is 1. The minimum atomic E-state index is -0.0842. The second kappa shape index (κ2) is 8.27. The maximum Gasteiger partial charge on any atom is 0.242 e. The van der Waals surface area contributed by atoms with Crippen LogP contribution in [-0.2, 0) is 16.8 Å². The van der Waals surface area contributed by atoms with Gasteiger partial charge in [0, 0.05) is 16.6 Å². The third kappa shape index (κ3) is 4.39. The molecule has 0 fully saturated rings. The summed E-state index contributed by atoms with van der Waals surface area (Å²) >= 11 is 1.69. The lowest BCUT2D eigenvalue weighted by Crippen LogP contribution is -2.30. The Morgan fingerprint density at radius 2 is 1.90 bits per heavy atom. The fraction of sp³-hybridized carbons (Fsp3) is 0.320. The normalized spacial score (nSPS) is 12.8. The molecule has 1 aromatic carbocycles. The third-order valence-electron chi connectivity index (χ3n) is 5.54. The summed E-state index contributed by atoms with van der Waals surface area (Å²) < 4.78 is 1.70. The van der Waals surface area contributed by atoms with Crippen molar-refractivity contribution in [2.24, 2.45) is 0 Å². The molecule has 1 amide bonds. The van der Waals surface area contributed by atoms with Gasteiger partial charge in [-0.2, -0.15) is 5.10 Å². The molecule has 5 nitrogen and oxygen atoms in total. The van der Waals surface area contributed by atoms with E-state index in [0.29, 0.717) is 0 Å². The molecule has 0 saturated carbocycles. The van der Waals surface area contributed by atoms with Crippen LogP contribution < -0.4 is 5.32 Å². The van der Waals surface area contributed by atoms with Crippen molar-refractivity contribution in [3.8, 4) is 10.4 Å². The lowest BCUT2D eigenvalue weighted by Gasteiger charge is -2.20. The Labute approximate surface area is 187 Å². The first-order valence-electron chi connectivity index (χ1n) is 10.5. The summed E-state index contributed by atoms with van der Waals surface area (Å²) in [6, 6.07) is 14.5. The molecule has 1 N–H and O–H groups in total. The predicted molar refractivity (Wildman–Crippen MR) is 127 cm³/mol. The van der Waals surface area contributed by atoms with E-state index in [1.165, 1.54) is 10.4 Å². The van der Waals surface area contributed by atoms with Gasteiger partial charge in [-0.3, -0.25) is 4.79 Å². The molecule has 0 bridgehead atoms. The molecule has 4 rings (SSSR count). The Morgan fingerprint density at radius 3 is 2.55 bits per heavy atom. The molecule has 0 aliphatic heterocycles. The lowest BCUT2D eigenvalue weighted by atomic mass is 9.86. The zero-order valence-electron chi connectivity index (χ0n) is 18.6. The summed E-state index contributed by atoms with van der Waals surface area (Å²) in [7, 11) is 0. The second-order valence-electron chi connectivity index (χ2n) is 8.94. The number of carbonyl (C=O) groups is 1. The molecular weight excluding hydrogens is 404 g/mol. The van der Waals surface area contributed by atoms with Gasteiger partial charge in [-0.25, -0.2) is 9.67 Å². The van der Waals surface area contributed by atoms with E-state index in [4.69, 9.17) is 0 Å². The molecule has 0 aliphatic rings. The minimum Gasteiger partial charge on any atom is -0.348 e. The first kappa shape index (κ1) is 21.2. The first-order chi connectivity index (χ1) is 14.7. The largest absolute Gasteiger partial charge is 0.348 e. The Bertz CT molecular complexity index is 1200. The number of thiophene rings is 1. The molecule has 3 heterocycles. The monoisotopic (exact) mass is 432 g/mol. The summed E-state index contributed by atoms with van der Waals surface area (Å²) in [6.45, 7) is 10.7. The summed E-state index contributed by atoms with van der Waals surface area (Å²) in [6.07, 6.45) is 1.78. The van der Waals surface area contributed by atoms with Gasteiger partial charge in [-0.05, 0) is 47.9 Å². The van der Waals surface area contributed by atoms with Gasteiger partial charge in [0.1, 0.15) is 6.54 Å². The van der Waals surface area contributed by atoms with Crippen LogP contribution in [0.5, 0.6) is 0 Å². The van der Waals surface area contributed by atoms with E-state index < -0.39 is 0 Å². The predicted octanol–water partition coefficient (Wildman–Crippen LogP) is 5.64. The van der Waals surface area contributed by atoms with Crippen molar-refractivity contribution in [3.05, 3.63) is 70.9 Å². The van der Waals surface area contributed by atoms with Crippen LogP contribution in [0.4, 0.5) is 0 Å². The van der Waals surface area contributed by atoms with E-state index in [-0.39, 0.29) is 23.9 Å². The van der Waals surface area contributed by atoms with Crippen molar-refractivity contribution < 1.29 is 4.79 Å². The van der Waals surface area contributed by atoms with Crippen LogP contribution in [0, 0.1) is 6.92 Å². The van der Waals surface area contributed by atoms with Crippen molar-refractivity contribution in [3.63, 3.8) is 0 Å². The number of amides is 1. The van der Waals surface area contributed by atoms with Crippen LogP contribution in [0.1, 0.15) is 50.6 Å². The Balaban J connectivity index is 1.52. The van der Waals surface area contributed by atoms with Crippen molar-refractivity contribution >= 4 is 28.3 Å². The van der Waals surface area contributed by atoms with Crippen LogP contribution in [0.2, 0.25) is 0 Å². The quantitative estimate of drug-likeness (QED) is 0.444. The van der Waals surface area contributed by atoms with E-state index in [0.717, 1.165) is 27.9 Å². The fourth-order valence-electron chi connectivity index (χ4n) is 3.81. The standard InChI is InChI=1S/C25H28N4OS/c1-16(18-8-10-19(11-9-18)25(3,4)5)27-22(30)15-29-24-23(17(2)28-29)20(12-13-26-24)21-7-6-14-31-21/h6-14,16H,15H2,1-5H3,(H,27,30). The van der Waals surface area contributed by atoms with Crippen molar-refractivity contribution in [1.29, 1.82) is 0 Å². The highest BCUT2D eigenvalue weighted by Crippen LogP contribution is 2.32. The summed E-state index contributed by atoms with van der Waals surface area (Å²) in [4.78, 5) is 18.5. The van der Waals surface area contributed by atoms with Crippen molar-refractivity contribution in [2.75, 3.05) is 0 Å². The zero-order valence-corrected chi connectivity index (χ0v) is 19.5. The Kier molecular flexibility index (Phi) is 5.67. The van der Waals surface area contributed by atoms with Gasteiger partial charge in [0.15, 0.2) is 5.65 Å². The van der Waals surface area contributed by atoms with E-state index in [9.17, 15) is 4.79 Å². The first-order valence-corrected chi connectivity index (χ1v) is 11.4. The van der Waals surface area contributed by atoms with Crippen LogP contribution in [0.15, 0.2) is 54.0 Å². The maximum absolute atomic E-state index is 12.8. The van der Waals surface area contributed by atoms with E-state index in [1.54, 1.807) is 22.2 Å². The Hall–Kier alpha value is -2.99. The van der Waals surface area contributed by atoms with Crippen LogP contribution in [0.25, 0.3) is 21.5 Å². The van der Waals surface area contributed by atoms with E-state index >= 15 is 0 Å². The summed E-state index contributed by atoms with van der Waals surface area (Å²) in [5.74, 6) is -0.0832. The lowest BCUT2D eigenvalue weighted by molar-refractivity contribution is -0.122. The van der Waals surface area contributed by atoms with Crippen molar-refractivity contribution in [1.82, 2.24) is 20.1 Å². The number of fused-ring (bicyclic) bond motifs is 1. The fourth-order valence-corrected chi connectivity index (χ4v) is 4.57. The summed E-state index contributed by atoms with van der Waals surface area (Å²) in [5, 5.41) is 10.8. The van der Waals surface area contributed by atoms with Gasteiger partial charge in [-0.15, -0.1) is 11.3 Å². The van der Waals surface area contributed by atoms with Gasteiger partial charge in [0.2, 0.25) is 5.91 Å². The number of pyridine rings is 1. The number of aromatic nitrogens is 3. The molecule has 160 valence electrons. The topological polar surface area (TPSA) is 59.8 Å². The third-order valence-corrected chi connectivity index (χ3v) is 6.45. The average molecular weight is 433 g/mol. The smallest absolute Gasteiger partial charge is 0.242 e. The second-order valence-corrected chi connectivity index (χ2v) is 9.89. The average Bonchev–Trinajstić information content (AvgIpc) is 3.36. The number of carbonyl (C=O) groups excluding carboxylic acids is 1. The summed E-state index contributed by atoms with van der Waals surface area (Å²) in [5.41, 5.74) is 5.20. The SMILES string of the molecule is Cc1nn(CC(=O)NC(C)c2ccc(C(C)(C)C)cc2)c2nccc(-c3cccs3)c12. The highest BCUT2D eigenvalue weighted by atomic mass is 32.1. The zero-order chi connectivity index (χ0) is 22.2. The number of rotatable bonds is 5. The van der Waals surface area contributed by atoms with E-state index in [1.807, 2.05) is 26.0 Å². The molecule has 0 spiro atoms. The molecule has 1 atom stereocenters. The number of aryl methyl sites for hydroxylation is 1. The maximum atomic E-state index is 12.8. The van der Waals surface area contributed by atoms with Gasteiger partial charge in [0.05, 0.1) is 17.1 Å². The number of nitrogens with zero attached hydrogens (tertiary/aromatic N) is 3. The van der Waals surface area contributed by atoms with Crippen molar-refractivity contribution in [2.45, 2.75) is 52.6 Å². The molecule has 0 saturated heterocycles. The Morgan fingerprint density at radius 1 is 1.16 bits per heavy atom. The van der Waals surface area contributed by atoms with Gasteiger partial charge >= 0.3 is 0 Å². The number of benzene rings is 1. The number of hydrogen-bond donors (Lipinski definition) is 1. The molecule has 3 aromatic heterocycles. The van der Waals surface area contributed by atoms with Crippen LogP contribution >= 0.6 is 11.3 Å². The highest BCUT2D eigenvalue weighted by Gasteiger charge is 2.18. The molecule has 0 radical (unpaired) electrons. The molecule has 0 aliphatic carbocycles. The van der Waals surface area contributed by atoms with Gasteiger partial charge < -0.3 is 5.32 Å². The van der Waals surface area contributed by atoms with E-state index in [2.05, 4.69) is 71.9 Å². The molecule has 1 unspecified atom stereocenters. The molecule has 6 heteroatoms. The minimum absolute atomic E-state index is 0.0832. The molecule has 31 heavy (non-hydrogen) atoms. The van der Waals surface area contributed by atoms with Gasteiger partial charge in [-0.1, -0.05) is 51.1 Å². The molecular formula is C25H28N4OS. The molecule has 4 aromatic rings. The number of hydrogen-bond acceptors (Lipinski definition) is 4. The van der Waals surface area contributed by atoms with Crippen LogP contribution in [-0.4, -0.2) is 20.7 Å². The highest BCUT2D eigenvalue weighted by molar-refractivity contribution is 7.13.